The summed E-state index contributed by atoms with van der Waals surface area (Å²) < 4.78 is 0. The monoisotopic (exact) mass is 253 g/mol. The van der Waals surface area contributed by atoms with Crippen molar-refractivity contribution in [2.75, 3.05) is 27.2 Å². The number of hydrogen-bond acceptors (Lipinski definition) is 3. The normalized spacial score (nSPS) is 22.0. The molecule has 1 aromatic rings. The molecule has 1 unspecified atom stereocenters. The van der Waals surface area contributed by atoms with Crippen LogP contribution >= 0.6 is 11.6 Å². The maximum atomic E-state index is 5.79. The first-order chi connectivity index (χ1) is 8.15. The highest BCUT2D eigenvalue weighted by atomic mass is 35.5. The Kier molecular flexibility index (Phi) is 4.37. The van der Waals surface area contributed by atoms with Crippen LogP contribution in [0.5, 0.6) is 0 Å². The van der Waals surface area contributed by atoms with Crippen molar-refractivity contribution in [3.05, 3.63) is 29.0 Å². The lowest BCUT2D eigenvalue weighted by Gasteiger charge is -2.36. The van der Waals surface area contributed by atoms with Crippen molar-refractivity contribution < 1.29 is 0 Å². The van der Waals surface area contributed by atoms with Gasteiger partial charge in [-0.3, -0.25) is 4.90 Å². The predicted octanol–water partition coefficient (Wildman–Crippen LogP) is 2.26. The van der Waals surface area contributed by atoms with E-state index in [0.29, 0.717) is 11.2 Å². The molecule has 3 nitrogen and oxygen atoms in total. The molecule has 0 N–H and O–H groups in total. The summed E-state index contributed by atoms with van der Waals surface area (Å²) in [4.78, 5) is 8.95. The summed E-state index contributed by atoms with van der Waals surface area (Å²) in [7, 11) is 4.33. The fourth-order valence-electron chi connectivity index (χ4n) is 2.35. The number of likely N-dealkylation sites (tertiary alicyclic amines) is 1. The summed E-state index contributed by atoms with van der Waals surface area (Å²) in [5, 5.41) is 0.568. The second-order valence-corrected chi connectivity index (χ2v) is 5.37. The van der Waals surface area contributed by atoms with Crippen LogP contribution in [0.1, 0.15) is 18.4 Å². The van der Waals surface area contributed by atoms with E-state index in [1.807, 2.05) is 12.3 Å². The van der Waals surface area contributed by atoms with Crippen LogP contribution in [0.15, 0.2) is 18.3 Å². The van der Waals surface area contributed by atoms with Crippen LogP contribution in [0.3, 0.4) is 0 Å². The first kappa shape index (κ1) is 12.8. The lowest BCUT2D eigenvalue weighted by atomic mass is 10.0. The zero-order chi connectivity index (χ0) is 12.3. The third-order valence-electron chi connectivity index (χ3n) is 3.41. The molecule has 1 aliphatic rings. The molecule has 94 valence electrons. The van der Waals surface area contributed by atoms with Gasteiger partial charge < -0.3 is 4.90 Å². The first-order valence-corrected chi connectivity index (χ1v) is 6.52. The molecule has 0 aliphatic carbocycles. The van der Waals surface area contributed by atoms with Crippen LogP contribution in [-0.2, 0) is 6.54 Å². The minimum atomic E-state index is 0.568. The average molecular weight is 254 g/mol. The Morgan fingerprint density at radius 1 is 1.47 bits per heavy atom. The van der Waals surface area contributed by atoms with Gasteiger partial charge in [-0.15, -0.1) is 0 Å². The minimum absolute atomic E-state index is 0.568. The van der Waals surface area contributed by atoms with E-state index < -0.39 is 0 Å². The van der Waals surface area contributed by atoms with Gasteiger partial charge in [-0.1, -0.05) is 17.7 Å². The Bertz CT molecular complexity index is 350. The van der Waals surface area contributed by atoms with Gasteiger partial charge in [0.1, 0.15) is 5.15 Å². The number of likely N-dealkylation sites (N-methyl/N-ethyl adjacent to an activating group) is 1. The van der Waals surface area contributed by atoms with Crippen molar-refractivity contribution in [1.29, 1.82) is 0 Å². The van der Waals surface area contributed by atoms with Gasteiger partial charge in [-0.05, 0) is 45.1 Å². The summed E-state index contributed by atoms with van der Waals surface area (Å²) >= 11 is 5.79. The lowest BCUT2D eigenvalue weighted by Crippen LogP contribution is -2.44. The smallest absolute Gasteiger partial charge is 0.129 e. The standard InChI is InChI=1S/C13H20ClN3/c1-16(2)12-4-3-7-17(10-12)9-11-5-6-13(14)15-8-11/h5-6,8,12H,3-4,7,9-10H2,1-2H3. The molecule has 2 heterocycles. The van der Waals surface area contributed by atoms with Crippen LogP contribution < -0.4 is 0 Å². The fraction of sp³-hybridized carbons (Fsp3) is 0.615. The summed E-state index contributed by atoms with van der Waals surface area (Å²) in [6, 6.07) is 4.61. The van der Waals surface area contributed by atoms with E-state index in [-0.39, 0.29) is 0 Å². The lowest BCUT2D eigenvalue weighted by molar-refractivity contribution is 0.128. The zero-order valence-electron chi connectivity index (χ0n) is 10.6. The van der Waals surface area contributed by atoms with Crippen LogP contribution in [0.4, 0.5) is 0 Å². The zero-order valence-corrected chi connectivity index (χ0v) is 11.3. The SMILES string of the molecule is CN(C)C1CCCN(Cc2ccc(Cl)nc2)C1. The molecule has 1 aromatic heterocycles. The Morgan fingerprint density at radius 2 is 2.29 bits per heavy atom. The third kappa shape index (κ3) is 3.66. The first-order valence-electron chi connectivity index (χ1n) is 6.14. The molecule has 4 heteroatoms. The molecule has 1 saturated heterocycles. The number of pyridine rings is 1. The van der Waals surface area contributed by atoms with Crippen molar-refractivity contribution in [1.82, 2.24) is 14.8 Å². The molecule has 1 atom stereocenters. The van der Waals surface area contributed by atoms with E-state index in [1.165, 1.54) is 24.9 Å². The maximum Gasteiger partial charge on any atom is 0.129 e. The molecule has 17 heavy (non-hydrogen) atoms. The van der Waals surface area contributed by atoms with Gasteiger partial charge in [0.05, 0.1) is 0 Å². The third-order valence-corrected chi connectivity index (χ3v) is 3.63. The van der Waals surface area contributed by atoms with Gasteiger partial charge in [0, 0.05) is 25.3 Å². The van der Waals surface area contributed by atoms with E-state index in [4.69, 9.17) is 11.6 Å². The van der Waals surface area contributed by atoms with Crippen LogP contribution in [-0.4, -0.2) is 48.0 Å². The van der Waals surface area contributed by atoms with Crippen molar-refractivity contribution in [3.63, 3.8) is 0 Å². The Hall–Kier alpha value is -0.640. The van der Waals surface area contributed by atoms with Crippen LogP contribution in [0.2, 0.25) is 5.15 Å². The highest BCUT2D eigenvalue weighted by Gasteiger charge is 2.21. The molecule has 1 fully saturated rings. The largest absolute Gasteiger partial charge is 0.305 e. The van der Waals surface area contributed by atoms with Crippen molar-refractivity contribution in [2.24, 2.45) is 0 Å². The Morgan fingerprint density at radius 3 is 2.94 bits per heavy atom. The number of aromatic nitrogens is 1. The van der Waals surface area contributed by atoms with E-state index in [2.05, 4.69) is 34.9 Å². The molecule has 0 amide bonds. The highest BCUT2D eigenvalue weighted by Crippen LogP contribution is 2.16. The molecule has 0 saturated carbocycles. The number of hydrogen-bond donors (Lipinski definition) is 0. The number of piperidine rings is 1. The minimum Gasteiger partial charge on any atom is -0.305 e. The van der Waals surface area contributed by atoms with Gasteiger partial charge in [0.15, 0.2) is 0 Å². The molecule has 0 radical (unpaired) electrons. The quantitative estimate of drug-likeness (QED) is 0.771. The second-order valence-electron chi connectivity index (χ2n) is 4.98. The summed E-state index contributed by atoms with van der Waals surface area (Å²) in [6.07, 6.45) is 4.47. The Balaban J connectivity index is 1.92. The van der Waals surface area contributed by atoms with E-state index in [9.17, 15) is 0 Å². The summed E-state index contributed by atoms with van der Waals surface area (Å²) in [6.45, 7) is 3.32. The van der Waals surface area contributed by atoms with E-state index in [1.54, 1.807) is 0 Å². The van der Waals surface area contributed by atoms with Crippen molar-refractivity contribution in [3.8, 4) is 0 Å². The molecular formula is C13H20ClN3. The number of rotatable bonds is 3. The summed E-state index contributed by atoms with van der Waals surface area (Å²) in [5.41, 5.74) is 1.24. The van der Waals surface area contributed by atoms with Gasteiger partial charge in [0.2, 0.25) is 0 Å². The highest BCUT2D eigenvalue weighted by molar-refractivity contribution is 6.29. The molecular weight excluding hydrogens is 234 g/mol. The maximum absolute atomic E-state index is 5.79. The molecule has 0 aromatic carbocycles. The van der Waals surface area contributed by atoms with Crippen molar-refractivity contribution in [2.45, 2.75) is 25.4 Å². The second kappa shape index (κ2) is 5.80. The van der Waals surface area contributed by atoms with Gasteiger partial charge in [-0.2, -0.15) is 0 Å². The van der Waals surface area contributed by atoms with E-state index in [0.717, 1.165) is 13.1 Å². The average Bonchev–Trinajstić information content (AvgIpc) is 2.32. The van der Waals surface area contributed by atoms with Crippen LogP contribution in [0.25, 0.3) is 0 Å². The van der Waals surface area contributed by atoms with Gasteiger partial charge in [-0.25, -0.2) is 4.98 Å². The fourth-order valence-corrected chi connectivity index (χ4v) is 2.47. The summed E-state index contributed by atoms with van der Waals surface area (Å²) in [5.74, 6) is 0. The van der Waals surface area contributed by atoms with Crippen molar-refractivity contribution >= 4 is 11.6 Å². The number of halogens is 1. The molecule has 1 aliphatic heterocycles. The van der Waals surface area contributed by atoms with E-state index >= 15 is 0 Å². The Labute approximate surface area is 108 Å². The number of nitrogens with zero attached hydrogens (tertiary/aromatic N) is 3. The molecule has 2 rings (SSSR count). The predicted molar refractivity (Wildman–Crippen MR) is 71.2 cm³/mol. The topological polar surface area (TPSA) is 19.4 Å². The van der Waals surface area contributed by atoms with Crippen LogP contribution in [0, 0.1) is 0 Å². The van der Waals surface area contributed by atoms with Gasteiger partial charge in [0.25, 0.3) is 0 Å². The van der Waals surface area contributed by atoms with Gasteiger partial charge >= 0.3 is 0 Å². The molecule has 0 bridgehead atoms. The molecule has 0 spiro atoms.